The number of carbonyl (C=O) groups is 1. The Kier molecular flexibility index (Phi) is 4.52. The standard InChI is InChI=1S/C24H19FN4O/c25-19-10-12-20(13-11-19)29-23(27-22-9-5-4-8-21(22)24(29)30)18-14-26-28(16-18)15-17-6-2-1-3-7-17/h1-14,16,23,27H,15H2. The van der Waals surface area contributed by atoms with Crippen LogP contribution in [0, 0.1) is 5.82 Å². The molecule has 30 heavy (non-hydrogen) atoms. The number of anilines is 2. The van der Waals surface area contributed by atoms with Gasteiger partial charge in [0.05, 0.1) is 18.3 Å². The first-order valence-electron chi connectivity index (χ1n) is 9.70. The van der Waals surface area contributed by atoms with Crippen LogP contribution in [0.25, 0.3) is 0 Å². The van der Waals surface area contributed by atoms with Crippen molar-refractivity contribution in [2.24, 2.45) is 0 Å². The Labute approximate surface area is 173 Å². The third-order valence-corrected chi connectivity index (χ3v) is 5.19. The lowest BCUT2D eigenvalue weighted by molar-refractivity contribution is 0.0975. The SMILES string of the molecule is O=C1c2ccccc2NC(c2cnn(Cc3ccccc3)c2)N1c1ccc(F)cc1. The van der Waals surface area contributed by atoms with E-state index in [9.17, 15) is 9.18 Å². The van der Waals surface area contributed by atoms with Crippen molar-refractivity contribution in [2.75, 3.05) is 10.2 Å². The van der Waals surface area contributed by atoms with E-state index in [4.69, 9.17) is 0 Å². The summed E-state index contributed by atoms with van der Waals surface area (Å²) in [6.45, 7) is 0.634. The van der Waals surface area contributed by atoms with E-state index >= 15 is 0 Å². The number of fused-ring (bicyclic) bond motifs is 1. The molecule has 6 heteroatoms. The van der Waals surface area contributed by atoms with Crippen LogP contribution in [0.4, 0.5) is 15.8 Å². The van der Waals surface area contributed by atoms with Gasteiger partial charge in [-0.25, -0.2) is 4.39 Å². The molecule has 0 radical (unpaired) electrons. The van der Waals surface area contributed by atoms with Crippen LogP contribution in [0.5, 0.6) is 0 Å². The molecule has 0 saturated carbocycles. The van der Waals surface area contributed by atoms with Crippen LogP contribution in [0.1, 0.15) is 27.7 Å². The van der Waals surface area contributed by atoms with Crippen LogP contribution in [0.3, 0.4) is 0 Å². The zero-order valence-electron chi connectivity index (χ0n) is 16.1. The van der Waals surface area contributed by atoms with Crippen molar-refractivity contribution in [1.29, 1.82) is 0 Å². The number of halogens is 1. The molecule has 5 nitrogen and oxygen atoms in total. The maximum atomic E-state index is 13.5. The zero-order valence-corrected chi connectivity index (χ0v) is 16.1. The summed E-state index contributed by atoms with van der Waals surface area (Å²) in [5, 5.41) is 7.93. The highest BCUT2D eigenvalue weighted by Crippen LogP contribution is 2.36. The Balaban J connectivity index is 1.53. The number of amides is 1. The molecule has 0 spiro atoms. The first-order valence-corrected chi connectivity index (χ1v) is 9.70. The summed E-state index contributed by atoms with van der Waals surface area (Å²) in [5.41, 5.74) is 3.94. The number of aromatic nitrogens is 2. The molecule has 3 aromatic carbocycles. The summed E-state index contributed by atoms with van der Waals surface area (Å²) < 4.78 is 15.3. The molecule has 2 heterocycles. The van der Waals surface area contributed by atoms with E-state index < -0.39 is 6.17 Å². The van der Waals surface area contributed by atoms with E-state index in [1.165, 1.54) is 12.1 Å². The van der Waals surface area contributed by atoms with Gasteiger partial charge in [0.25, 0.3) is 5.91 Å². The lowest BCUT2D eigenvalue weighted by atomic mass is 10.0. The van der Waals surface area contributed by atoms with Gasteiger partial charge in [-0.15, -0.1) is 0 Å². The average molecular weight is 398 g/mol. The number of hydrogen-bond acceptors (Lipinski definition) is 3. The van der Waals surface area contributed by atoms with Gasteiger partial charge in [0.15, 0.2) is 0 Å². The van der Waals surface area contributed by atoms with E-state index in [1.807, 2.05) is 59.4 Å². The van der Waals surface area contributed by atoms with Crippen LogP contribution in [0.2, 0.25) is 0 Å². The normalized spacial score (nSPS) is 15.6. The van der Waals surface area contributed by atoms with Gasteiger partial charge in [-0.3, -0.25) is 14.4 Å². The second-order valence-corrected chi connectivity index (χ2v) is 7.20. The number of benzene rings is 3. The third kappa shape index (κ3) is 3.33. The fraction of sp³-hybridized carbons (Fsp3) is 0.0833. The van der Waals surface area contributed by atoms with Gasteiger partial charge >= 0.3 is 0 Å². The molecule has 148 valence electrons. The van der Waals surface area contributed by atoms with Gasteiger partial charge < -0.3 is 5.32 Å². The molecule has 1 aliphatic heterocycles. The molecule has 1 aliphatic rings. The number of carbonyl (C=O) groups excluding carboxylic acids is 1. The monoisotopic (exact) mass is 398 g/mol. The van der Waals surface area contributed by atoms with Gasteiger partial charge in [0.1, 0.15) is 12.0 Å². The smallest absolute Gasteiger partial charge is 0.262 e. The average Bonchev–Trinajstić information content (AvgIpc) is 3.24. The highest BCUT2D eigenvalue weighted by molar-refractivity contribution is 6.12. The van der Waals surface area contributed by atoms with E-state index in [-0.39, 0.29) is 11.7 Å². The second kappa shape index (κ2) is 7.48. The molecule has 0 saturated heterocycles. The highest BCUT2D eigenvalue weighted by atomic mass is 19.1. The van der Waals surface area contributed by atoms with Crippen LogP contribution >= 0.6 is 0 Å². The number of hydrogen-bond donors (Lipinski definition) is 1. The molecule has 4 aromatic rings. The van der Waals surface area contributed by atoms with Crippen LogP contribution in [-0.2, 0) is 6.54 Å². The first-order chi connectivity index (χ1) is 14.7. The number of para-hydroxylation sites is 1. The van der Waals surface area contributed by atoms with Gasteiger partial charge in [0.2, 0.25) is 0 Å². The predicted molar refractivity (Wildman–Crippen MR) is 114 cm³/mol. The van der Waals surface area contributed by atoms with Crippen molar-refractivity contribution >= 4 is 17.3 Å². The molecule has 0 bridgehead atoms. The summed E-state index contributed by atoms with van der Waals surface area (Å²) in [6, 6.07) is 23.4. The number of nitrogens with one attached hydrogen (secondary N) is 1. The van der Waals surface area contributed by atoms with Crippen LogP contribution in [0.15, 0.2) is 91.3 Å². The Hall–Kier alpha value is -3.93. The molecular weight excluding hydrogens is 379 g/mol. The van der Waals surface area contributed by atoms with Crippen molar-refractivity contribution < 1.29 is 9.18 Å². The fourth-order valence-corrected chi connectivity index (χ4v) is 3.73. The summed E-state index contributed by atoms with van der Waals surface area (Å²) >= 11 is 0. The van der Waals surface area contributed by atoms with Gasteiger partial charge in [-0.1, -0.05) is 42.5 Å². The third-order valence-electron chi connectivity index (χ3n) is 5.19. The Morgan fingerprint density at radius 1 is 0.933 bits per heavy atom. The van der Waals surface area contributed by atoms with Crippen molar-refractivity contribution in [3.8, 4) is 0 Å². The fourth-order valence-electron chi connectivity index (χ4n) is 3.73. The maximum Gasteiger partial charge on any atom is 0.262 e. The molecule has 0 fully saturated rings. The van der Waals surface area contributed by atoms with Gasteiger partial charge in [-0.2, -0.15) is 5.10 Å². The molecule has 1 N–H and O–H groups in total. The molecule has 5 rings (SSSR count). The molecule has 1 unspecified atom stereocenters. The minimum atomic E-state index is -0.456. The molecule has 1 atom stereocenters. The van der Waals surface area contributed by atoms with E-state index in [0.717, 1.165) is 16.8 Å². The predicted octanol–water partition coefficient (Wildman–Crippen LogP) is 4.84. The minimum absolute atomic E-state index is 0.142. The van der Waals surface area contributed by atoms with Crippen molar-refractivity contribution in [1.82, 2.24) is 9.78 Å². The minimum Gasteiger partial charge on any atom is -0.360 e. The van der Waals surface area contributed by atoms with E-state index in [2.05, 4.69) is 10.4 Å². The Bertz CT molecular complexity index is 1190. The molecule has 1 aromatic heterocycles. The summed E-state index contributed by atoms with van der Waals surface area (Å²) in [4.78, 5) is 15.0. The lowest BCUT2D eigenvalue weighted by Crippen LogP contribution is -2.43. The summed E-state index contributed by atoms with van der Waals surface area (Å²) in [6.07, 6.45) is 3.24. The maximum absolute atomic E-state index is 13.5. The van der Waals surface area contributed by atoms with Crippen molar-refractivity contribution in [3.05, 3.63) is 114 Å². The summed E-state index contributed by atoms with van der Waals surface area (Å²) in [7, 11) is 0. The zero-order chi connectivity index (χ0) is 20.5. The topological polar surface area (TPSA) is 50.2 Å². The molecule has 0 aliphatic carbocycles. The van der Waals surface area contributed by atoms with Crippen LogP contribution in [-0.4, -0.2) is 15.7 Å². The van der Waals surface area contributed by atoms with Crippen molar-refractivity contribution in [2.45, 2.75) is 12.7 Å². The molecule has 1 amide bonds. The Morgan fingerprint density at radius 2 is 1.67 bits per heavy atom. The highest BCUT2D eigenvalue weighted by Gasteiger charge is 2.34. The van der Waals surface area contributed by atoms with Gasteiger partial charge in [0, 0.05) is 23.1 Å². The van der Waals surface area contributed by atoms with Gasteiger partial charge in [-0.05, 0) is 42.0 Å². The Morgan fingerprint density at radius 3 is 2.47 bits per heavy atom. The van der Waals surface area contributed by atoms with Crippen LogP contribution < -0.4 is 10.2 Å². The number of nitrogens with zero attached hydrogens (tertiary/aromatic N) is 3. The summed E-state index contributed by atoms with van der Waals surface area (Å²) in [5.74, 6) is -0.486. The van der Waals surface area contributed by atoms with Crippen molar-refractivity contribution in [3.63, 3.8) is 0 Å². The first kappa shape index (κ1) is 18.1. The largest absolute Gasteiger partial charge is 0.360 e. The lowest BCUT2D eigenvalue weighted by Gasteiger charge is -2.37. The quantitative estimate of drug-likeness (QED) is 0.535. The number of rotatable bonds is 4. The van der Waals surface area contributed by atoms with E-state index in [0.29, 0.717) is 17.8 Å². The molecular formula is C24H19FN4O. The second-order valence-electron chi connectivity index (χ2n) is 7.20. The van der Waals surface area contributed by atoms with E-state index in [1.54, 1.807) is 29.3 Å².